The lowest BCUT2D eigenvalue weighted by molar-refractivity contribution is -0.133. The maximum atomic E-state index is 11.9. The van der Waals surface area contributed by atoms with Gasteiger partial charge in [-0.05, 0) is 43.9 Å². The van der Waals surface area contributed by atoms with E-state index in [-0.39, 0.29) is 0 Å². The van der Waals surface area contributed by atoms with E-state index in [9.17, 15) is 4.79 Å². The van der Waals surface area contributed by atoms with Crippen LogP contribution in [0.15, 0.2) is 12.2 Å². The SMILES string of the molecule is CCC1C=CC2C(CCC3CCC(=O)N32)C1. The van der Waals surface area contributed by atoms with Gasteiger partial charge in [0.15, 0.2) is 0 Å². The second kappa shape index (κ2) is 3.90. The quantitative estimate of drug-likeness (QED) is 0.621. The molecule has 2 nitrogen and oxygen atoms in total. The molecule has 1 amide bonds. The molecule has 0 aromatic carbocycles. The third kappa shape index (κ3) is 1.50. The first-order chi connectivity index (χ1) is 7.79. The van der Waals surface area contributed by atoms with Gasteiger partial charge in [-0.15, -0.1) is 0 Å². The number of carbonyl (C=O) groups is 1. The summed E-state index contributed by atoms with van der Waals surface area (Å²) in [5.41, 5.74) is 0. The van der Waals surface area contributed by atoms with Gasteiger partial charge in [0.2, 0.25) is 5.91 Å². The predicted molar refractivity (Wildman–Crippen MR) is 63.9 cm³/mol. The maximum Gasteiger partial charge on any atom is 0.223 e. The number of allylic oxidation sites excluding steroid dienone is 1. The van der Waals surface area contributed by atoms with Gasteiger partial charge in [-0.1, -0.05) is 19.1 Å². The minimum Gasteiger partial charge on any atom is -0.333 e. The van der Waals surface area contributed by atoms with Crippen LogP contribution in [0.2, 0.25) is 0 Å². The Morgan fingerprint density at radius 2 is 2.19 bits per heavy atom. The van der Waals surface area contributed by atoms with Crippen LogP contribution in [0.25, 0.3) is 0 Å². The summed E-state index contributed by atoms with van der Waals surface area (Å²) in [5.74, 6) is 1.91. The Morgan fingerprint density at radius 3 is 3.00 bits per heavy atom. The van der Waals surface area contributed by atoms with Crippen molar-refractivity contribution in [3.8, 4) is 0 Å². The van der Waals surface area contributed by atoms with Crippen LogP contribution in [0.4, 0.5) is 0 Å². The number of amides is 1. The number of carbonyl (C=O) groups excluding carboxylic acids is 1. The normalized spacial score (nSPS) is 42.1. The van der Waals surface area contributed by atoms with Crippen molar-refractivity contribution in [2.24, 2.45) is 11.8 Å². The van der Waals surface area contributed by atoms with Crippen LogP contribution in [0.5, 0.6) is 0 Å². The first kappa shape index (κ1) is 10.4. The van der Waals surface area contributed by atoms with E-state index in [0.29, 0.717) is 18.0 Å². The average Bonchev–Trinajstić information content (AvgIpc) is 2.70. The fourth-order valence-corrected chi connectivity index (χ4v) is 3.81. The van der Waals surface area contributed by atoms with E-state index in [0.717, 1.165) is 24.7 Å². The molecule has 0 spiro atoms. The van der Waals surface area contributed by atoms with Crippen LogP contribution < -0.4 is 0 Å². The molecule has 0 radical (unpaired) electrons. The van der Waals surface area contributed by atoms with Crippen LogP contribution in [0.1, 0.15) is 45.4 Å². The summed E-state index contributed by atoms with van der Waals surface area (Å²) in [7, 11) is 0. The Hall–Kier alpha value is -0.790. The van der Waals surface area contributed by atoms with Gasteiger partial charge in [-0.3, -0.25) is 4.79 Å². The number of piperidine rings is 1. The number of rotatable bonds is 1. The molecule has 0 aromatic heterocycles. The molecular weight excluding hydrogens is 198 g/mol. The molecule has 2 heteroatoms. The van der Waals surface area contributed by atoms with Crippen LogP contribution in [0, 0.1) is 11.8 Å². The molecule has 88 valence electrons. The van der Waals surface area contributed by atoms with Gasteiger partial charge in [0, 0.05) is 12.5 Å². The summed E-state index contributed by atoms with van der Waals surface area (Å²) in [6.07, 6.45) is 11.7. The zero-order valence-corrected chi connectivity index (χ0v) is 10.1. The molecule has 2 aliphatic heterocycles. The number of hydrogen-bond acceptors (Lipinski definition) is 1. The van der Waals surface area contributed by atoms with Crippen LogP contribution in [0.3, 0.4) is 0 Å². The maximum absolute atomic E-state index is 11.9. The topological polar surface area (TPSA) is 20.3 Å². The molecule has 0 bridgehead atoms. The molecule has 3 rings (SSSR count). The second-order valence-corrected chi connectivity index (χ2v) is 5.61. The van der Waals surface area contributed by atoms with Crippen molar-refractivity contribution in [2.45, 2.75) is 57.5 Å². The van der Waals surface area contributed by atoms with E-state index in [1.807, 2.05) is 0 Å². The van der Waals surface area contributed by atoms with Crippen LogP contribution in [-0.4, -0.2) is 22.9 Å². The smallest absolute Gasteiger partial charge is 0.223 e. The van der Waals surface area contributed by atoms with Gasteiger partial charge >= 0.3 is 0 Å². The predicted octanol–water partition coefficient (Wildman–Crippen LogP) is 2.74. The average molecular weight is 219 g/mol. The first-order valence-electron chi connectivity index (χ1n) is 6.79. The van der Waals surface area contributed by atoms with Crippen molar-refractivity contribution in [1.29, 1.82) is 0 Å². The third-order valence-corrected chi connectivity index (χ3v) is 4.76. The fourth-order valence-electron chi connectivity index (χ4n) is 3.81. The van der Waals surface area contributed by atoms with Crippen molar-refractivity contribution in [2.75, 3.05) is 0 Å². The van der Waals surface area contributed by atoms with Gasteiger partial charge in [0.25, 0.3) is 0 Å². The minimum absolute atomic E-state index is 0.402. The summed E-state index contributed by atoms with van der Waals surface area (Å²) in [6, 6.07) is 1.01. The van der Waals surface area contributed by atoms with Crippen molar-refractivity contribution in [3.63, 3.8) is 0 Å². The number of fused-ring (bicyclic) bond motifs is 3. The standard InChI is InChI=1S/C14H21NO/c1-2-10-3-7-13-11(9-10)4-5-12-6-8-14(16)15(12)13/h3,7,10-13H,2,4-6,8-9H2,1H3. The summed E-state index contributed by atoms with van der Waals surface area (Å²) < 4.78 is 0. The second-order valence-electron chi connectivity index (χ2n) is 5.61. The van der Waals surface area contributed by atoms with E-state index >= 15 is 0 Å². The summed E-state index contributed by atoms with van der Waals surface area (Å²) >= 11 is 0. The molecular formula is C14H21NO. The molecule has 0 saturated carbocycles. The molecule has 16 heavy (non-hydrogen) atoms. The Balaban J connectivity index is 1.83. The molecule has 3 aliphatic rings. The van der Waals surface area contributed by atoms with Gasteiger partial charge in [-0.2, -0.15) is 0 Å². The molecule has 2 heterocycles. The molecule has 2 fully saturated rings. The highest BCUT2D eigenvalue weighted by Gasteiger charge is 2.43. The van der Waals surface area contributed by atoms with Crippen molar-refractivity contribution >= 4 is 5.91 Å². The zero-order valence-electron chi connectivity index (χ0n) is 10.1. The molecule has 2 saturated heterocycles. The summed E-state index contributed by atoms with van der Waals surface area (Å²) in [6.45, 7) is 2.27. The first-order valence-corrected chi connectivity index (χ1v) is 6.79. The van der Waals surface area contributed by atoms with Crippen LogP contribution >= 0.6 is 0 Å². The van der Waals surface area contributed by atoms with E-state index in [2.05, 4.69) is 24.0 Å². The van der Waals surface area contributed by atoms with Crippen molar-refractivity contribution in [3.05, 3.63) is 12.2 Å². The van der Waals surface area contributed by atoms with Gasteiger partial charge in [0.05, 0.1) is 6.04 Å². The highest BCUT2D eigenvalue weighted by Crippen LogP contribution is 2.41. The highest BCUT2D eigenvalue weighted by atomic mass is 16.2. The molecule has 4 atom stereocenters. The minimum atomic E-state index is 0.402. The Bertz CT molecular complexity index is 323. The largest absolute Gasteiger partial charge is 0.333 e. The monoisotopic (exact) mass is 219 g/mol. The lowest BCUT2D eigenvalue weighted by atomic mass is 9.75. The highest BCUT2D eigenvalue weighted by molar-refractivity contribution is 5.79. The van der Waals surface area contributed by atoms with Crippen molar-refractivity contribution < 1.29 is 4.79 Å². The zero-order chi connectivity index (χ0) is 11.1. The Labute approximate surface area is 97.7 Å². The molecule has 4 unspecified atom stereocenters. The van der Waals surface area contributed by atoms with Gasteiger partial charge in [-0.25, -0.2) is 0 Å². The van der Waals surface area contributed by atoms with Gasteiger partial charge < -0.3 is 4.90 Å². The Morgan fingerprint density at radius 1 is 1.31 bits per heavy atom. The van der Waals surface area contributed by atoms with E-state index < -0.39 is 0 Å². The van der Waals surface area contributed by atoms with Crippen molar-refractivity contribution in [1.82, 2.24) is 4.90 Å². The number of hydrogen-bond donors (Lipinski definition) is 0. The van der Waals surface area contributed by atoms with E-state index in [1.54, 1.807) is 0 Å². The molecule has 0 N–H and O–H groups in total. The fraction of sp³-hybridized carbons (Fsp3) is 0.786. The van der Waals surface area contributed by atoms with E-state index in [4.69, 9.17) is 0 Å². The molecule has 1 aliphatic carbocycles. The van der Waals surface area contributed by atoms with Gasteiger partial charge in [0.1, 0.15) is 0 Å². The summed E-state index contributed by atoms with van der Waals surface area (Å²) in [4.78, 5) is 14.1. The lowest BCUT2D eigenvalue weighted by Crippen LogP contribution is -2.50. The Kier molecular flexibility index (Phi) is 2.53. The molecule has 0 aromatic rings. The summed E-state index contributed by atoms with van der Waals surface area (Å²) in [5, 5.41) is 0. The van der Waals surface area contributed by atoms with Crippen LogP contribution in [-0.2, 0) is 4.79 Å². The van der Waals surface area contributed by atoms with E-state index in [1.165, 1.54) is 25.7 Å². The number of nitrogens with zero attached hydrogens (tertiary/aromatic N) is 1. The lowest BCUT2D eigenvalue weighted by Gasteiger charge is -2.44. The third-order valence-electron chi connectivity index (χ3n) is 4.76.